The topological polar surface area (TPSA) is 83.7 Å². The third-order valence-electron chi connectivity index (χ3n) is 4.86. The zero-order valence-electron chi connectivity index (χ0n) is 16.5. The Morgan fingerprint density at radius 1 is 0.800 bits per heavy atom. The lowest BCUT2D eigenvalue weighted by Crippen LogP contribution is -2.10. The van der Waals surface area contributed by atoms with Gasteiger partial charge in [-0.05, 0) is 73.2 Å². The van der Waals surface area contributed by atoms with Crippen molar-refractivity contribution in [3.63, 3.8) is 0 Å². The molecule has 0 fully saturated rings. The van der Waals surface area contributed by atoms with Crippen LogP contribution in [0.5, 0.6) is 0 Å². The Hall–Kier alpha value is -3.93. The molecule has 2 aliphatic heterocycles. The molecule has 0 spiro atoms. The maximum atomic E-state index is 12.8. The Morgan fingerprint density at radius 2 is 1.30 bits per heavy atom. The summed E-state index contributed by atoms with van der Waals surface area (Å²) in [5.41, 5.74) is 6.83. The summed E-state index contributed by atoms with van der Waals surface area (Å²) in [6, 6.07) is 14.0. The van der Waals surface area contributed by atoms with Crippen LogP contribution in [0.1, 0.15) is 46.5 Å². The summed E-state index contributed by atoms with van der Waals surface area (Å²) >= 11 is 0. The van der Waals surface area contributed by atoms with Gasteiger partial charge in [0.25, 0.3) is 0 Å². The van der Waals surface area contributed by atoms with Crippen LogP contribution in [-0.2, 0) is 4.74 Å². The third kappa shape index (κ3) is 3.55. The summed E-state index contributed by atoms with van der Waals surface area (Å²) in [6.45, 7) is 2.32. The highest BCUT2D eigenvalue weighted by Gasteiger charge is 2.19. The molecule has 0 unspecified atom stereocenters. The predicted octanol–water partition coefficient (Wildman–Crippen LogP) is 5.22. The fourth-order valence-electron chi connectivity index (χ4n) is 3.48. The largest absolute Gasteiger partial charge is 0.462 e. The Labute approximate surface area is 173 Å². The van der Waals surface area contributed by atoms with Gasteiger partial charge < -0.3 is 14.7 Å². The SMILES string of the molecule is CCCOC(=O)c1c2nc(cc3ccc(cc4ccc(cc5nc1C=C5)[nH]4)[nH]3)C=C2. The minimum Gasteiger partial charge on any atom is -0.462 e. The van der Waals surface area contributed by atoms with Gasteiger partial charge in [-0.1, -0.05) is 6.92 Å². The number of carbonyl (C=O) groups excluding carboxylic acids is 1. The van der Waals surface area contributed by atoms with Crippen molar-refractivity contribution in [2.45, 2.75) is 13.3 Å². The molecule has 0 atom stereocenters. The molecule has 0 saturated heterocycles. The molecule has 148 valence electrons. The number of aromatic amines is 2. The number of esters is 1. The van der Waals surface area contributed by atoms with Gasteiger partial charge in [-0.3, -0.25) is 0 Å². The summed E-state index contributed by atoms with van der Waals surface area (Å²) in [4.78, 5) is 28.9. The lowest BCUT2D eigenvalue weighted by Gasteiger charge is -2.04. The van der Waals surface area contributed by atoms with Crippen LogP contribution in [0.2, 0.25) is 0 Å². The van der Waals surface area contributed by atoms with E-state index in [1.165, 1.54) is 0 Å². The number of nitrogens with one attached hydrogen (secondary N) is 2. The molecule has 0 aliphatic carbocycles. The number of H-pyrrole nitrogens is 2. The number of ether oxygens (including phenoxy) is 1. The van der Waals surface area contributed by atoms with Gasteiger partial charge in [0.15, 0.2) is 0 Å². The van der Waals surface area contributed by atoms with E-state index in [4.69, 9.17) is 4.74 Å². The quantitative estimate of drug-likeness (QED) is 0.409. The molecular weight excluding hydrogens is 376 g/mol. The second kappa shape index (κ2) is 7.48. The fourth-order valence-corrected chi connectivity index (χ4v) is 3.48. The molecule has 2 N–H and O–H groups in total. The smallest absolute Gasteiger partial charge is 0.342 e. The van der Waals surface area contributed by atoms with Crippen molar-refractivity contribution in [2.75, 3.05) is 6.61 Å². The Balaban J connectivity index is 1.81. The van der Waals surface area contributed by atoms with Crippen molar-refractivity contribution >= 4 is 52.3 Å². The summed E-state index contributed by atoms with van der Waals surface area (Å²) < 4.78 is 5.42. The summed E-state index contributed by atoms with van der Waals surface area (Å²) in [6.07, 6.45) is 8.19. The predicted molar refractivity (Wildman–Crippen MR) is 119 cm³/mol. The van der Waals surface area contributed by atoms with E-state index < -0.39 is 5.97 Å². The summed E-state index contributed by atoms with van der Waals surface area (Å²) in [5, 5.41) is 0. The van der Waals surface area contributed by atoms with Crippen molar-refractivity contribution < 1.29 is 9.53 Å². The zero-order valence-corrected chi connectivity index (χ0v) is 16.5. The van der Waals surface area contributed by atoms with Crippen molar-refractivity contribution in [1.82, 2.24) is 19.9 Å². The molecule has 6 nitrogen and oxygen atoms in total. The third-order valence-corrected chi connectivity index (χ3v) is 4.86. The Bertz CT molecular complexity index is 1270. The molecule has 8 bridgehead atoms. The van der Waals surface area contributed by atoms with Crippen LogP contribution in [0.3, 0.4) is 0 Å². The van der Waals surface area contributed by atoms with E-state index in [0.29, 0.717) is 23.6 Å². The minimum atomic E-state index is -0.411. The first-order valence-electron chi connectivity index (χ1n) is 9.92. The van der Waals surface area contributed by atoms with Crippen LogP contribution in [0.25, 0.3) is 46.4 Å². The molecule has 5 rings (SSSR count). The summed E-state index contributed by atoms with van der Waals surface area (Å²) in [7, 11) is 0. The van der Waals surface area contributed by atoms with Crippen molar-refractivity contribution in [3.8, 4) is 0 Å². The average molecular weight is 396 g/mol. The van der Waals surface area contributed by atoms with Gasteiger partial charge in [0.1, 0.15) is 5.56 Å². The van der Waals surface area contributed by atoms with Crippen molar-refractivity contribution in [2.24, 2.45) is 0 Å². The monoisotopic (exact) mass is 396 g/mol. The molecule has 0 aromatic carbocycles. The van der Waals surface area contributed by atoms with E-state index in [0.717, 1.165) is 39.9 Å². The molecule has 30 heavy (non-hydrogen) atoms. The molecule has 3 aromatic heterocycles. The molecule has 2 aliphatic rings. The highest BCUT2D eigenvalue weighted by molar-refractivity contribution is 5.99. The van der Waals surface area contributed by atoms with Crippen LogP contribution >= 0.6 is 0 Å². The summed E-state index contributed by atoms with van der Waals surface area (Å²) in [5.74, 6) is -0.411. The van der Waals surface area contributed by atoms with Gasteiger partial charge in [0.2, 0.25) is 0 Å². The molecular formula is C24H20N4O2. The molecule has 0 saturated carbocycles. The first-order valence-corrected chi connectivity index (χ1v) is 9.92. The number of aromatic nitrogens is 4. The molecule has 0 radical (unpaired) electrons. The number of fused-ring (bicyclic) bond motifs is 8. The molecule has 5 heterocycles. The second-order valence-electron chi connectivity index (χ2n) is 7.19. The Morgan fingerprint density at radius 3 is 1.80 bits per heavy atom. The maximum absolute atomic E-state index is 12.8. The number of nitrogens with zero attached hydrogens (tertiary/aromatic N) is 2. The minimum absolute atomic E-state index is 0.356. The number of carbonyl (C=O) groups is 1. The van der Waals surface area contributed by atoms with Crippen molar-refractivity contribution in [1.29, 1.82) is 0 Å². The van der Waals surface area contributed by atoms with Crippen LogP contribution in [-0.4, -0.2) is 32.5 Å². The van der Waals surface area contributed by atoms with Gasteiger partial charge >= 0.3 is 5.97 Å². The van der Waals surface area contributed by atoms with Crippen LogP contribution < -0.4 is 0 Å². The average Bonchev–Trinajstić information content (AvgIpc) is 3.51. The van der Waals surface area contributed by atoms with Gasteiger partial charge in [0.05, 0.1) is 29.4 Å². The fraction of sp³-hybridized carbons (Fsp3) is 0.125. The maximum Gasteiger partial charge on any atom is 0.342 e. The van der Waals surface area contributed by atoms with Crippen LogP contribution in [0.4, 0.5) is 0 Å². The van der Waals surface area contributed by atoms with E-state index in [1.807, 2.05) is 73.7 Å². The van der Waals surface area contributed by atoms with Crippen LogP contribution in [0.15, 0.2) is 42.5 Å². The van der Waals surface area contributed by atoms with E-state index in [9.17, 15) is 4.79 Å². The van der Waals surface area contributed by atoms with Crippen molar-refractivity contribution in [3.05, 3.63) is 70.8 Å². The van der Waals surface area contributed by atoms with Gasteiger partial charge in [-0.2, -0.15) is 0 Å². The molecule has 0 amide bonds. The second-order valence-corrected chi connectivity index (χ2v) is 7.19. The number of hydrogen-bond donors (Lipinski definition) is 2. The molecule has 3 aromatic rings. The van der Waals surface area contributed by atoms with Crippen LogP contribution in [0, 0.1) is 0 Å². The molecule has 6 heteroatoms. The van der Waals surface area contributed by atoms with Gasteiger partial charge in [-0.15, -0.1) is 0 Å². The normalized spacial score (nSPS) is 12.3. The number of rotatable bonds is 3. The standard InChI is InChI=1S/C24H20N4O2/c1-2-11-30-24(29)23-21-9-7-19(27-21)13-17-5-3-15(25-17)12-16-4-6-18(26-16)14-20-8-10-22(23)28-20/h3-10,12-14,25-26H,2,11H2,1H3. The van der Waals surface area contributed by atoms with E-state index >= 15 is 0 Å². The van der Waals surface area contributed by atoms with E-state index in [-0.39, 0.29) is 0 Å². The lowest BCUT2D eigenvalue weighted by atomic mass is 10.1. The number of hydrogen-bond acceptors (Lipinski definition) is 4. The highest BCUT2D eigenvalue weighted by atomic mass is 16.5. The van der Waals surface area contributed by atoms with Gasteiger partial charge in [-0.25, -0.2) is 14.8 Å². The van der Waals surface area contributed by atoms with E-state index in [1.54, 1.807) is 0 Å². The van der Waals surface area contributed by atoms with Gasteiger partial charge in [0, 0.05) is 22.1 Å². The first kappa shape index (κ1) is 18.1. The van der Waals surface area contributed by atoms with E-state index in [2.05, 4.69) is 19.9 Å². The first-order chi connectivity index (χ1) is 14.7. The Kier molecular flexibility index (Phi) is 4.52. The highest BCUT2D eigenvalue weighted by Crippen LogP contribution is 2.23. The lowest BCUT2D eigenvalue weighted by molar-refractivity contribution is 0.0504. The zero-order chi connectivity index (χ0) is 20.5.